The minimum atomic E-state index is -0.591. The van der Waals surface area contributed by atoms with Crippen LogP contribution >= 0.6 is 11.8 Å². The van der Waals surface area contributed by atoms with Gasteiger partial charge >= 0.3 is 0 Å². The highest BCUT2D eigenvalue weighted by atomic mass is 32.2. The summed E-state index contributed by atoms with van der Waals surface area (Å²) >= 11 is 1.52. The summed E-state index contributed by atoms with van der Waals surface area (Å²) < 4.78 is 5.66. The first-order valence-electron chi connectivity index (χ1n) is 5.65. The van der Waals surface area contributed by atoms with Crippen molar-refractivity contribution in [1.82, 2.24) is 0 Å². The molecule has 0 unspecified atom stereocenters. The van der Waals surface area contributed by atoms with E-state index in [1.54, 1.807) is 18.2 Å². The van der Waals surface area contributed by atoms with Crippen LogP contribution in [0.2, 0.25) is 0 Å². The van der Waals surface area contributed by atoms with Gasteiger partial charge in [-0.2, -0.15) is 5.26 Å². The average Bonchev–Trinajstić information content (AvgIpc) is 2.47. The molecule has 2 aromatic carbocycles. The number of benzene rings is 2. The molecule has 0 radical (unpaired) electrons. The van der Waals surface area contributed by atoms with Crippen LogP contribution in [0.4, 0.5) is 5.69 Å². The van der Waals surface area contributed by atoms with Crippen LogP contribution in [0, 0.1) is 21.4 Å². The first-order chi connectivity index (χ1) is 9.65. The maximum absolute atomic E-state index is 10.9. The van der Waals surface area contributed by atoms with E-state index in [4.69, 9.17) is 10.00 Å². The molecule has 0 heterocycles. The van der Waals surface area contributed by atoms with E-state index in [2.05, 4.69) is 0 Å². The minimum absolute atomic E-state index is 0.0144. The summed E-state index contributed by atoms with van der Waals surface area (Å²) in [5.74, 6) is 0.955. The molecule has 0 amide bonds. The lowest BCUT2D eigenvalue weighted by Crippen LogP contribution is -1.94. The molecule has 6 heteroatoms. The Labute approximate surface area is 120 Å². The SMILES string of the molecule is CSc1ccccc1Oc1ccc(C#N)c([N+](=O)[O-])c1. The van der Waals surface area contributed by atoms with Crippen LogP contribution in [0.15, 0.2) is 47.4 Å². The van der Waals surface area contributed by atoms with Gasteiger partial charge in [0.25, 0.3) is 5.69 Å². The van der Waals surface area contributed by atoms with Crippen LogP contribution in [-0.2, 0) is 0 Å². The van der Waals surface area contributed by atoms with E-state index in [1.165, 1.54) is 23.9 Å². The number of hydrogen-bond donors (Lipinski definition) is 0. The van der Waals surface area contributed by atoms with Gasteiger partial charge in [-0.1, -0.05) is 12.1 Å². The van der Waals surface area contributed by atoms with Gasteiger partial charge in [0.05, 0.1) is 11.0 Å². The summed E-state index contributed by atoms with van der Waals surface area (Å²) in [6.07, 6.45) is 1.92. The molecular formula is C14H10N2O3S. The van der Waals surface area contributed by atoms with Crippen molar-refractivity contribution in [2.24, 2.45) is 0 Å². The van der Waals surface area contributed by atoms with Gasteiger partial charge in [-0.25, -0.2) is 0 Å². The zero-order valence-corrected chi connectivity index (χ0v) is 11.4. The second-order valence-electron chi connectivity index (χ2n) is 3.80. The number of rotatable bonds is 4. The van der Waals surface area contributed by atoms with Gasteiger partial charge in [-0.3, -0.25) is 10.1 Å². The predicted octanol–water partition coefficient (Wildman–Crippen LogP) is 3.98. The Morgan fingerprint density at radius 3 is 2.70 bits per heavy atom. The molecule has 2 rings (SSSR count). The van der Waals surface area contributed by atoms with Crippen molar-refractivity contribution in [3.63, 3.8) is 0 Å². The number of para-hydroxylation sites is 1. The third-order valence-corrected chi connectivity index (χ3v) is 3.36. The van der Waals surface area contributed by atoms with Crippen LogP contribution in [0.1, 0.15) is 5.56 Å². The number of nitro benzene ring substituents is 1. The van der Waals surface area contributed by atoms with E-state index >= 15 is 0 Å². The first kappa shape index (κ1) is 13.9. The van der Waals surface area contributed by atoms with Gasteiger partial charge < -0.3 is 4.74 Å². The van der Waals surface area contributed by atoms with Crippen molar-refractivity contribution in [1.29, 1.82) is 5.26 Å². The third kappa shape index (κ3) is 2.90. The lowest BCUT2D eigenvalue weighted by atomic mass is 10.2. The average molecular weight is 286 g/mol. The Balaban J connectivity index is 2.38. The van der Waals surface area contributed by atoms with Gasteiger partial charge in [0.1, 0.15) is 23.1 Å². The van der Waals surface area contributed by atoms with Crippen molar-refractivity contribution >= 4 is 17.4 Å². The van der Waals surface area contributed by atoms with E-state index in [9.17, 15) is 10.1 Å². The molecule has 100 valence electrons. The highest BCUT2D eigenvalue weighted by molar-refractivity contribution is 7.98. The molecule has 0 spiro atoms. The zero-order chi connectivity index (χ0) is 14.5. The standard InChI is InChI=1S/C14H10N2O3S/c1-20-14-5-3-2-4-13(14)19-11-7-6-10(9-15)12(8-11)16(17)18/h2-8H,1H3. The highest BCUT2D eigenvalue weighted by Crippen LogP contribution is 2.33. The number of ether oxygens (including phenoxy) is 1. The molecule has 2 aromatic rings. The number of nitro groups is 1. The maximum atomic E-state index is 10.9. The second kappa shape index (κ2) is 6.08. The molecule has 0 bridgehead atoms. The fraction of sp³-hybridized carbons (Fsp3) is 0.0714. The van der Waals surface area contributed by atoms with Crippen molar-refractivity contribution in [3.05, 3.63) is 58.1 Å². The largest absolute Gasteiger partial charge is 0.456 e. The van der Waals surface area contributed by atoms with E-state index in [0.29, 0.717) is 11.5 Å². The summed E-state index contributed by atoms with van der Waals surface area (Å²) in [4.78, 5) is 11.2. The van der Waals surface area contributed by atoms with Gasteiger partial charge in [-0.15, -0.1) is 11.8 Å². The number of nitriles is 1. The molecule has 0 fully saturated rings. The van der Waals surface area contributed by atoms with Crippen molar-refractivity contribution < 1.29 is 9.66 Å². The predicted molar refractivity (Wildman–Crippen MR) is 76.1 cm³/mol. The summed E-state index contributed by atoms with van der Waals surface area (Å²) in [5, 5.41) is 19.7. The smallest absolute Gasteiger partial charge is 0.290 e. The summed E-state index contributed by atoms with van der Waals surface area (Å²) in [7, 11) is 0. The molecule has 0 aliphatic heterocycles. The summed E-state index contributed by atoms with van der Waals surface area (Å²) in [6, 6.07) is 13.4. The number of nitrogens with zero attached hydrogens (tertiary/aromatic N) is 2. The summed E-state index contributed by atoms with van der Waals surface area (Å²) in [5.41, 5.74) is -0.243. The van der Waals surface area contributed by atoms with Gasteiger partial charge in [-0.05, 0) is 30.5 Å². The fourth-order valence-corrected chi connectivity index (χ4v) is 2.18. The Morgan fingerprint density at radius 1 is 1.30 bits per heavy atom. The molecule has 0 atom stereocenters. The van der Waals surface area contributed by atoms with Crippen LogP contribution in [0.3, 0.4) is 0 Å². The fourth-order valence-electron chi connectivity index (χ4n) is 1.65. The molecule has 0 N–H and O–H groups in total. The molecule has 20 heavy (non-hydrogen) atoms. The normalized spacial score (nSPS) is 9.80. The van der Waals surface area contributed by atoms with Crippen LogP contribution in [0.25, 0.3) is 0 Å². The molecule has 0 aliphatic rings. The number of thioether (sulfide) groups is 1. The Hall–Kier alpha value is -2.52. The molecule has 0 saturated heterocycles. The van der Waals surface area contributed by atoms with E-state index in [0.717, 1.165) is 4.90 Å². The quantitative estimate of drug-likeness (QED) is 0.482. The van der Waals surface area contributed by atoms with Crippen molar-refractivity contribution in [2.75, 3.05) is 6.26 Å². The molecule has 0 saturated carbocycles. The second-order valence-corrected chi connectivity index (χ2v) is 4.65. The Morgan fingerprint density at radius 2 is 2.05 bits per heavy atom. The van der Waals surface area contributed by atoms with Crippen molar-refractivity contribution in [2.45, 2.75) is 4.90 Å². The van der Waals surface area contributed by atoms with Gasteiger partial charge in [0.2, 0.25) is 0 Å². The third-order valence-electron chi connectivity index (χ3n) is 2.58. The monoisotopic (exact) mass is 286 g/mol. The van der Waals surface area contributed by atoms with E-state index in [1.807, 2.05) is 24.5 Å². The molecule has 0 aliphatic carbocycles. The summed E-state index contributed by atoms with van der Waals surface area (Å²) in [6.45, 7) is 0. The highest BCUT2D eigenvalue weighted by Gasteiger charge is 2.15. The van der Waals surface area contributed by atoms with Crippen LogP contribution in [-0.4, -0.2) is 11.2 Å². The van der Waals surface area contributed by atoms with Gasteiger partial charge in [0, 0.05) is 4.90 Å². The van der Waals surface area contributed by atoms with Crippen LogP contribution in [0.5, 0.6) is 11.5 Å². The number of hydrogen-bond acceptors (Lipinski definition) is 5. The van der Waals surface area contributed by atoms with E-state index < -0.39 is 4.92 Å². The topological polar surface area (TPSA) is 76.2 Å². The maximum Gasteiger partial charge on any atom is 0.290 e. The zero-order valence-electron chi connectivity index (χ0n) is 10.6. The molecular weight excluding hydrogens is 276 g/mol. The first-order valence-corrected chi connectivity index (χ1v) is 6.87. The Kier molecular flexibility index (Phi) is 4.23. The van der Waals surface area contributed by atoms with E-state index in [-0.39, 0.29) is 11.3 Å². The Bertz CT molecular complexity index is 695. The molecule has 5 nitrogen and oxygen atoms in total. The van der Waals surface area contributed by atoms with Crippen LogP contribution < -0.4 is 4.74 Å². The lowest BCUT2D eigenvalue weighted by Gasteiger charge is -2.09. The van der Waals surface area contributed by atoms with Crippen molar-refractivity contribution in [3.8, 4) is 17.6 Å². The molecule has 0 aromatic heterocycles. The van der Waals surface area contributed by atoms with Gasteiger partial charge in [0.15, 0.2) is 0 Å². The lowest BCUT2D eigenvalue weighted by molar-refractivity contribution is -0.385. The minimum Gasteiger partial charge on any atom is -0.456 e.